The summed E-state index contributed by atoms with van der Waals surface area (Å²) in [6, 6.07) is 0. The topological polar surface area (TPSA) is 42.3 Å². The van der Waals surface area contributed by atoms with Gasteiger partial charge in [-0.05, 0) is 32.9 Å². The standard InChI is InChI=1S/C13H24N4O/c1-2-18-12-11-17-10-6-15-13(17)14-5-9-16-7-3-4-8-16/h6,10H,2-5,7-9,11-12H2,1H3,(H,14,15). The van der Waals surface area contributed by atoms with Crippen molar-refractivity contribution < 1.29 is 4.74 Å². The highest BCUT2D eigenvalue weighted by Crippen LogP contribution is 2.07. The molecule has 1 N–H and O–H groups in total. The van der Waals surface area contributed by atoms with Crippen molar-refractivity contribution in [1.29, 1.82) is 0 Å². The largest absolute Gasteiger partial charge is 0.380 e. The smallest absolute Gasteiger partial charge is 0.202 e. The number of rotatable bonds is 8. The monoisotopic (exact) mass is 252 g/mol. The molecule has 2 heterocycles. The van der Waals surface area contributed by atoms with Gasteiger partial charge in [0.05, 0.1) is 6.61 Å². The summed E-state index contributed by atoms with van der Waals surface area (Å²) in [7, 11) is 0. The molecule has 0 atom stereocenters. The van der Waals surface area contributed by atoms with Gasteiger partial charge in [0.15, 0.2) is 0 Å². The number of aromatic nitrogens is 2. The van der Waals surface area contributed by atoms with Crippen LogP contribution in [0.1, 0.15) is 19.8 Å². The maximum atomic E-state index is 5.36. The first-order valence-corrected chi connectivity index (χ1v) is 6.95. The molecule has 2 rings (SSSR count). The molecule has 0 aromatic carbocycles. The minimum atomic E-state index is 0.744. The van der Waals surface area contributed by atoms with Crippen LogP contribution in [0.3, 0.4) is 0 Å². The van der Waals surface area contributed by atoms with Gasteiger partial charge in [-0.15, -0.1) is 0 Å². The Morgan fingerprint density at radius 1 is 1.33 bits per heavy atom. The minimum absolute atomic E-state index is 0.744. The molecule has 1 saturated heterocycles. The highest BCUT2D eigenvalue weighted by molar-refractivity contribution is 5.25. The molecule has 0 aliphatic carbocycles. The molecule has 18 heavy (non-hydrogen) atoms. The molecule has 1 aromatic heterocycles. The SMILES string of the molecule is CCOCCn1ccnc1NCCN1CCCC1. The van der Waals surface area contributed by atoms with Gasteiger partial charge in [0, 0.05) is 38.6 Å². The van der Waals surface area contributed by atoms with E-state index in [2.05, 4.69) is 19.8 Å². The van der Waals surface area contributed by atoms with Crippen molar-refractivity contribution in [2.75, 3.05) is 44.7 Å². The molecular formula is C13H24N4O. The molecule has 1 fully saturated rings. The average molecular weight is 252 g/mol. The van der Waals surface area contributed by atoms with Crippen molar-refractivity contribution in [3.63, 3.8) is 0 Å². The Bertz CT molecular complexity index is 333. The number of hydrogen-bond acceptors (Lipinski definition) is 4. The second-order valence-electron chi connectivity index (χ2n) is 4.62. The fourth-order valence-corrected chi connectivity index (χ4v) is 2.30. The molecule has 0 saturated carbocycles. The number of ether oxygens (including phenoxy) is 1. The highest BCUT2D eigenvalue weighted by atomic mass is 16.5. The Morgan fingerprint density at radius 3 is 2.94 bits per heavy atom. The maximum Gasteiger partial charge on any atom is 0.202 e. The van der Waals surface area contributed by atoms with E-state index in [4.69, 9.17) is 4.74 Å². The third kappa shape index (κ3) is 3.99. The molecular weight excluding hydrogens is 228 g/mol. The van der Waals surface area contributed by atoms with E-state index in [-0.39, 0.29) is 0 Å². The summed E-state index contributed by atoms with van der Waals surface area (Å²) in [4.78, 5) is 6.84. The van der Waals surface area contributed by atoms with Gasteiger partial charge in [-0.25, -0.2) is 4.98 Å². The fraction of sp³-hybridized carbons (Fsp3) is 0.769. The number of hydrogen-bond donors (Lipinski definition) is 1. The molecule has 0 radical (unpaired) electrons. The predicted molar refractivity (Wildman–Crippen MR) is 72.9 cm³/mol. The van der Waals surface area contributed by atoms with Crippen molar-refractivity contribution in [1.82, 2.24) is 14.5 Å². The van der Waals surface area contributed by atoms with Crippen LogP contribution in [0.4, 0.5) is 5.95 Å². The molecule has 0 bridgehead atoms. The van der Waals surface area contributed by atoms with Crippen LogP contribution >= 0.6 is 0 Å². The quantitative estimate of drug-likeness (QED) is 0.711. The fourth-order valence-electron chi connectivity index (χ4n) is 2.30. The van der Waals surface area contributed by atoms with Crippen LogP contribution in [0.5, 0.6) is 0 Å². The van der Waals surface area contributed by atoms with E-state index in [9.17, 15) is 0 Å². The first-order chi connectivity index (χ1) is 8.90. The van der Waals surface area contributed by atoms with Crippen LogP contribution in [0, 0.1) is 0 Å². The van der Waals surface area contributed by atoms with E-state index < -0.39 is 0 Å². The zero-order chi connectivity index (χ0) is 12.6. The Morgan fingerprint density at radius 2 is 2.17 bits per heavy atom. The van der Waals surface area contributed by atoms with Gasteiger partial charge in [0.1, 0.15) is 0 Å². The van der Waals surface area contributed by atoms with Crippen LogP contribution in [0.15, 0.2) is 12.4 Å². The van der Waals surface area contributed by atoms with E-state index in [1.807, 2.05) is 19.3 Å². The van der Waals surface area contributed by atoms with Crippen molar-refractivity contribution in [3.05, 3.63) is 12.4 Å². The predicted octanol–water partition coefficient (Wildman–Crippen LogP) is 1.43. The van der Waals surface area contributed by atoms with Crippen molar-refractivity contribution in [2.45, 2.75) is 26.3 Å². The molecule has 1 aromatic rings. The van der Waals surface area contributed by atoms with Crippen LogP contribution in [0.25, 0.3) is 0 Å². The van der Waals surface area contributed by atoms with Gasteiger partial charge in [-0.1, -0.05) is 0 Å². The van der Waals surface area contributed by atoms with E-state index >= 15 is 0 Å². The Hall–Kier alpha value is -1.07. The highest BCUT2D eigenvalue weighted by Gasteiger charge is 2.10. The van der Waals surface area contributed by atoms with Gasteiger partial charge in [0.2, 0.25) is 5.95 Å². The lowest BCUT2D eigenvalue weighted by molar-refractivity contribution is 0.139. The Balaban J connectivity index is 1.69. The van der Waals surface area contributed by atoms with Crippen LogP contribution < -0.4 is 5.32 Å². The van der Waals surface area contributed by atoms with Gasteiger partial charge in [-0.3, -0.25) is 0 Å². The third-order valence-electron chi connectivity index (χ3n) is 3.31. The lowest BCUT2D eigenvalue weighted by Crippen LogP contribution is -2.26. The number of nitrogens with zero attached hydrogens (tertiary/aromatic N) is 3. The number of likely N-dealkylation sites (tertiary alicyclic amines) is 1. The molecule has 0 spiro atoms. The molecule has 0 amide bonds. The van der Waals surface area contributed by atoms with Crippen LogP contribution in [0.2, 0.25) is 0 Å². The van der Waals surface area contributed by atoms with E-state index in [0.29, 0.717) is 0 Å². The average Bonchev–Trinajstić information content (AvgIpc) is 3.02. The zero-order valence-corrected chi connectivity index (χ0v) is 11.3. The van der Waals surface area contributed by atoms with Crippen molar-refractivity contribution >= 4 is 5.95 Å². The Kier molecular flexibility index (Phi) is 5.48. The van der Waals surface area contributed by atoms with Gasteiger partial charge < -0.3 is 19.5 Å². The molecule has 1 aliphatic heterocycles. The lowest BCUT2D eigenvalue weighted by atomic mass is 10.4. The summed E-state index contributed by atoms with van der Waals surface area (Å²) in [5.41, 5.74) is 0. The number of anilines is 1. The lowest BCUT2D eigenvalue weighted by Gasteiger charge is -2.15. The zero-order valence-electron chi connectivity index (χ0n) is 11.3. The summed E-state index contributed by atoms with van der Waals surface area (Å²) in [5, 5.41) is 3.40. The normalized spacial score (nSPS) is 16.3. The van der Waals surface area contributed by atoms with Crippen molar-refractivity contribution in [3.8, 4) is 0 Å². The summed E-state index contributed by atoms with van der Waals surface area (Å²) < 4.78 is 7.47. The molecule has 5 heteroatoms. The van der Waals surface area contributed by atoms with E-state index in [0.717, 1.165) is 38.8 Å². The van der Waals surface area contributed by atoms with E-state index in [1.165, 1.54) is 25.9 Å². The third-order valence-corrected chi connectivity index (χ3v) is 3.31. The summed E-state index contributed by atoms with van der Waals surface area (Å²) >= 11 is 0. The maximum absolute atomic E-state index is 5.36. The number of imidazole rings is 1. The minimum Gasteiger partial charge on any atom is -0.380 e. The van der Waals surface area contributed by atoms with E-state index in [1.54, 1.807) is 0 Å². The molecule has 1 aliphatic rings. The number of nitrogens with one attached hydrogen (secondary N) is 1. The Labute approximate surface area is 109 Å². The summed E-state index contributed by atoms with van der Waals surface area (Å²) in [5.74, 6) is 0.953. The van der Waals surface area contributed by atoms with Gasteiger partial charge in [0.25, 0.3) is 0 Å². The first kappa shape index (κ1) is 13.4. The summed E-state index contributed by atoms with van der Waals surface area (Å²) in [6.07, 6.45) is 6.54. The molecule has 5 nitrogen and oxygen atoms in total. The van der Waals surface area contributed by atoms with Gasteiger partial charge in [-0.2, -0.15) is 0 Å². The van der Waals surface area contributed by atoms with Crippen LogP contribution in [-0.4, -0.2) is 53.8 Å². The van der Waals surface area contributed by atoms with Crippen molar-refractivity contribution in [2.24, 2.45) is 0 Å². The summed E-state index contributed by atoms with van der Waals surface area (Å²) in [6.45, 7) is 8.97. The molecule has 102 valence electrons. The second-order valence-corrected chi connectivity index (χ2v) is 4.62. The molecule has 0 unspecified atom stereocenters. The first-order valence-electron chi connectivity index (χ1n) is 6.95. The van der Waals surface area contributed by atoms with Crippen LogP contribution in [-0.2, 0) is 11.3 Å². The second kappa shape index (κ2) is 7.38. The van der Waals surface area contributed by atoms with Gasteiger partial charge >= 0.3 is 0 Å².